The Labute approximate surface area is 207 Å². The van der Waals surface area contributed by atoms with Gasteiger partial charge in [0.15, 0.2) is 0 Å². The summed E-state index contributed by atoms with van der Waals surface area (Å²) in [5.74, 6) is 0.0718. The van der Waals surface area contributed by atoms with Crippen molar-refractivity contribution in [2.45, 2.75) is 62.7 Å². The molecule has 0 spiro atoms. The fourth-order valence-corrected chi connectivity index (χ4v) is 5.17. The molecule has 0 bridgehead atoms. The van der Waals surface area contributed by atoms with Crippen LogP contribution in [0.1, 0.15) is 50.7 Å². The molecule has 0 fully saturated rings. The third-order valence-corrected chi connectivity index (χ3v) is 7.46. The monoisotopic (exact) mass is 537 g/mol. The zero-order chi connectivity index (χ0) is 26.1. The molecule has 2 aromatic rings. The number of thioether (sulfide) groups is 1. The topological polar surface area (TPSA) is 78.8 Å². The van der Waals surface area contributed by atoms with Crippen LogP contribution in [-0.4, -0.2) is 34.6 Å². The predicted octanol–water partition coefficient (Wildman–Crippen LogP) is 6.62. The van der Waals surface area contributed by atoms with Crippen molar-refractivity contribution >= 4 is 19.4 Å². The minimum Gasteiger partial charge on any atom is -0.405 e. The number of nitrogens with one attached hydrogen (secondary N) is 1. The Balaban J connectivity index is 1.89. The van der Waals surface area contributed by atoms with Crippen LogP contribution in [0.2, 0.25) is 0 Å². The number of alkyl halides is 3. The van der Waals surface area contributed by atoms with E-state index in [1.807, 2.05) is 13.8 Å². The molecule has 0 aromatic heterocycles. The Morgan fingerprint density at radius 3 is 2.43 bits per heavy atom. The van der Waals surface area contributed by atoms with Crippen LogP contribution < -0.4 is 10.1 Å². The van der Waals surface area contributed by atoms with Crippen molar-refractivity contribution in [3.8, 4) is 5.75 Å². The first-order valence-corrected chi connectivity index (χ1v) is 14.1. The summed E-state index contributed by atoms with van der Waals surface area (Å²) in [6.45, 7) is 4.52. The van der Waals surface area contributed by atoms with E-state index in [1.54, 1.807) is 30.3 Å². The van der Waals surface area contributed by atoms with Gasteiger partial charge in [-0.3, -0.25) is 4.57 Å². The van der Waals surface area contributed by atoms with Gasteiger partial charge in [0.05, 0.1) is 6.16 Å². The standard InChI is InChI=1S/C24H32F4NO4PS/c1-23(2,19-8-3-4-9-20(19)25)12-5-6-15-35-22-11-10-18(16-21(22)33-24(26,27)28)17-29-13-7-14-34(30,31)32/h3-4,8-11,16,29H,5-7,12-15,17H2,1-2H3,(H2,30,31,32). The van der Waals surface area contributed by atoms with Crippen molar-refractivity contribution in [1.82, 2.24) is 5.32 Å². The molecule has 0 saturated heterocycles. The van der Waals surface area contributed by atoms with E-state index in [9.17, 15) is 22.1 Å². The van der Waals surface area contributed by atoms with Crippen LogP contribution >= 0.6 is 19.4 Å². The Bertz CT molecular complexity index is 998. The van der Waals surface area contributed by atoms with Crippen molar-refractivity contribution in [3.05, 3.63) is 59.4 Å². The molecule has 11 heteroatoms. The van der Waals surface area contributed by atoms with Crippen molar-refractivity contribution in [2.75, 3.05) is 18.5 Å². The fourth-order valence-electron chi connectivity index (χ4n) is 3.62. The molecule has 0 heterocycles. The zero-order valence-corrected chi connectivity index (χ0v) is 21.5. The number of rotatable bonds is 14. The van der Waals surface area contributed by atoms with Crippen molar-refractivity contribution in [3.63, 3.8) is 0 Å². The van der Waals surface area contributed by atoms with Gasteiger partial charge in [-0.25, -0.2) is 4.39 Å². The van der Waals surface area contributed by atoms with Crippen LogP contribution in [0.4, 0.5) is 17.6 Å². The maximum Gasteiger partial charge on any atom is 0.573 e. The lowest BCUT2D eigenvalue weighted by atomic mass is 9.80. The molecule has 0 amide bonds. The summed E-state index contributed by atoms with van der Waals surface area (Å²) in [5, 5.41) is 2.96. The molecule has 0 aliphatic heterocycles. The predicted molar refractivity (Wildman–Crippen MR) is 130 cm³/mol. The highest BCUT2D eigenvalue weighted by atomic mass is 32.2. The van der Waals surface area contributed by atoms with Crippen LogP contribution in [0.25, 0.3) is 0 Å². The molecule has 5 nitrogen and oxygen atoms in total. The zero-order valence-electron chi connectivity index (χ0n) is 19.8. The molecule has 0 atom stereocenters. The van der Waals surface area contributed by atoms with E-state index in [0.717, 1.165) is 19.3 Å². The maximum absolute atomic E-state index is 14.1. The highest BCUT2D eigenvalue weighted by Gasteiger charge is 2.32. The van der Waals surface area contributed by atoms with Gasteiger partial charge in [-0.05, 0) is 66.3 Å². The highest BCUT2D eigenvalue weighted by molar-refractivity contribution is 7.99. The van der Waals surface area contributed by atoms with E-state index in [1.165, 1.54) is 23.9 Å². The van der Waals surface area contributed by atoms with Crippen LogP contribution in [0.15, 0.2) is 47.4 Å². The first-order chi connectivity index (χ1) is 16.3. The maximum atomic E-state index is 14.1. The van der Waals surface area contributed by atoms with Gasteiger partial charge in [-0.15, -0.1) is 24.9 Å². The highest BCUT2D eigenvalue weighted by Crippen LogP contribution is 2.36. The normalized spacial score (nSPS) is 12.7. The van der Waals surface area contributed by atoms with Gasteiger partial charge in [0.2, 0.25) is 0 Å². The fraction of sp³-hybridized carbons (Fsp3) is 0.500. The first-order valence-electron chi connectivity index (χ1n) is 11.3. The minimum atomic E-state index is -4.82. The van der Waals surface area contributed by atoms with Gasteiger partial charge in [0, 0.05) is 11.4 Å². The van der Waals surface area contributed by atoms with Crippen LogP contribution in [0.5, 0.6) is 5.75 Å². The summed E-state index contributed by atoms with van der Waals surface area (Å²) in [6.07, 6.45) is -2.55. The largest absolute Gasteiger partial charge is 0.573 e. The molecule has 0 saturated carbocycles. The summed E-state index contributed by atoms with van der Waals surface area (Å²) in [5.41, 5.74) is 0.872. The average Bonchev–Trinajstić information content (AvgIpc) is 2.72. The molecule has 196 valence electrons. The van der Waals surface area contributed by atoms with Crippen LogP contribution in [-0.2, 0) is 16.5 Å². The third kappa shape index (κ3) is 11.3. The lowest BCUT2D eigenvalue weighted by molar-refractivity contribution is -0.275. The summed E-state index contributed by atoms with van der Waals surface area (Å²) in [7, 11) is -4.06. The molecule has 0 aliphatic rings. The molecule has 2 aromatic carbocycles. The lowest BCUT2D eigenvalue weighted by Crippen LogP contribution is -2.19. The smallest absolute Gasteiger partial charge is 0.405 e. The SMILES string of the molecule is CC(C)(CCCCSc1ccc(CNCCCP(=O)(O)O)cc1OC(F)(F)F)c1ccccc1F. The third-order valence-electron chi connectivity index (χ3n) is 5.42. The number of halogens is 4. The first kappa shape index (κ1) is 29.6. The second-order valence-electron chi connectivity index (χ2n) is 8.92. The van der Waals surface area contributed by atoms with Gasteiger partial charge < -0.3 is 19.8 Å². The quantitative estimate of drug-likeness (QED) is 0.109. The van der Waals surface area contributed by atoms with E-state index in [-0.39, 0.29) is 36.1 Å². The van der Waals surface area contributed by atoms with E-state index < -0.39 is 14.0 Å². The summed E-state index contributed by atoms with van der Waals surface area (Å²) in [4.78, 5) is 18.1. The number of unbranched alkanes of at least 4 members (excludes halogenated alkanes) is 1. The molecule has 3 N–H and O–H groups in total. The van der Waals surface area contributed by atoms with Gasteiger partial charge in [0.25, 0.3) is 0 Å². The van der Waals surface area contributed by atoms with E-state index in [4.69, 9.17) is 9.79 Å². The molecule has 2 rings (SSSR count). The van der Waals surface area contributed by atoms with Crippen LogP contribution in [0, 0.1) is 5.82 Å². The summed E-state index contributed by atoms with van der Waals surface area (Å²) < 4.78 is 68.0. The molecule has 35 heavy (non-hydrogen) atoms. The number of ether oxygens (including phenoxy) is 1. The molecular formula is C24H32F4NO4PS. The number of hydrogen-bond acceptors (Lipinski definition) is 4. The lowest BCUT2D eigenvalue weighted by Gasteiger charge is -2.25. The van der Waals surface area contributed by atoms with E-state index >= 15 is 0 Å². The van der Waals surface area contributed by atoms with Crippen LogP contribution in [0.3, 0.4) is 0 Å². The molecule has 0 aliphatic carbocycles. The Kier molecular flexibility index (Phi) is 11.1. The Hall–Kier alpha value is -1.58. The van der Waals surface area contributed by atoms with E-state index in [0.29, 0.717) is 28.3 Å². The molecule has 0 unspecified atom stereocenters. The minimum absolute atomic E-state index is 0.239. The summed E-state index contributed by atoms with van der Waals surface area (Å²) >= 11 is 1.27. The average molecular weight is 538 g/mol. The Morgan fingerprint density at radius 2 is 1.77 bits per heavy atom. The van der Waals surface area contributed by atoms with Gasteiger partial charge in [-0.2, -0.15) is 0 Å². The van der Waals surface area contributed by atoms with Crippen molar-refractivity contribution < 1.29 is 36.7 Å². The molecule has 0 radical (unpaired) electrons. The van der Waals surface area contributed by atoms with E-state index in [2.05, 4.69) is 10.1 Å². The van der Waals surface area contributed by atoms with Crippen molar-refractivity contribution in [2.24, 2.45) is 0 Å². The molecular weight excluding hydrogens is 505 g/mol. The second-order valence-corrected chi connectivity index (χ2v) is 11.8. The number of benzene rings is 2. The number of hydrogen-bond donors (Lipinski definition) is 3. The van der Waals surface area contributed by atoms with Gasteiger partial charge >= 0.3 is 14.0 Å². The van der Waals surface area contributed by atoms with Gasteiger partial charge in [0.1, 0.15) is 11.6 Å². The van der Waals surface area contributed by atoms with Gasteiger partial charge in [-0.1, -0.05) is 44.5 Å². The summed E-state index contributed by atoms with van der Waals surface area (Å²) in [6, 6.07) is 11.3. The second kappa shape index (κ2) is 13.1. The van der Waals surface area contributed by atoms with Crippen molar-refractivity contribution in [1.29, 1.82) is 0 Å². The Morgan fingerprint density at radius 1 is 1.06 bits per heavy atom.